The van der Waals surface area contributed by atoms with Crippen LogP contribution >= 0.6 is 0 Å². The summed E-state index contributed by atoms with van der Waals surface area (Å²) in [5.41, 5.74) is 2.71. The lowest BCUT2D eigenvalue weighted by atomic mass is 10.0. The van der Waals surface area contributed by atoms with Crippen molar-refractivity contribution in [2.45, 2.75) is 65.0 Å². The van der Waals surface area contributed by atoms with Gasteiger partial charge >= 0.3 is 0 Å². The zero-order valence-corrected chi connectivity index (χ0v) is 20.0. The van der Waals surface area contributed by atoms with Crippen molar-refractivity contribution in [3.8, 4) is 5.75 Å². The molecule has 2 aromatic heterocycles. The Hall–Kier alpha value is -3.55. The minimum absolute atomic E-state index is 0.144. The molecule has 0 bridgehead atoms. The predicted molar refractivity (Wildman–Crippen MR) is 130 cm³/mol. The van der Waals surface area contributed by atoms with Crippen molar-refractivity contribution in [3.63, 3.8) is 0 Å². The predicted octanol–water partition coefficient (Wildman–Crippen LogP) is 3.96. The fourth-order valence-corrected chi connectivity index (χ4v) is 4.00. The Morgan fingerprint density at radius 2 is 1.97 bits per heavy atom. The van der Waals surface area contributed by atoms with Crippen molar-refractivity contribution in [2.75, 3.05) is 7.11 Å². The number of nitrogens with one attached hydrogen (secondary N) is 3. The SMILES string of the molecule is COc1ccc2[nH]c(C)c(CC(=O)NC(CCCCCC(C)=O)C(=O)NCc3ccco3)c2c1. The van der Waals surface area contributed by atoms with E-state index in [1.54, 1.807) is 32.4 Å². The van der Waals surface area contributed by atoms with Crippen LogP contribution in [0.3, 0.4) is 0 Å². The van der Waals surface area contributed by atoms with Crippen molar-refractivity contribution in [3.05, 3.63) is 53.6 Å². The molecule has 0 aliphatic heterocycles. The molecule has 3 N–H and O–H groups in total. The topological polar surface area (TPSA) is 113 Å². The number of aromatic nitrogens is 1. The van der Waals surface area contributed by atoms with E-state index >= 15 is 0 Å². The van der Waals surface area contributed by atoms with Crippen molar-refractivity contribution in [1.29, 1.82) is 0 Å². The first kappa shape index (κ1) is 25.1. The fraction of sp³-hybridized carbons (Fsp3) is 0.423. The molecule has 8 nitrogen and oxygen atoms in total. The van der Waals surface area contributed by atoms with E-state index in [1.807, 2.05) is 25.1 Å². The maximum absolute atomic E-state index is 13.0. The van der Waals surface area contributed by atoms with E-state index in [2.05, 4.69) is 15.6 Å². The summed E-state index contributed by atoms with van der Waals surface area (Å²) in [5, 5.41) is 6.68. The zero-order valence-electron chi connectivity index (χ0n) is 20.0. The first-order valence-corrected chi connectivity index (χ1v) is 11.6. The van der Waals surface area contributed by atoms with E-state index in [-0.39, 0.29) is 30.6 Å². The number of amides is 2. The van der Waals surface area contributed by atoms with Crippen LogP contribution in [0.4, 0.5) is 0 Å². The number of benzene rings is 1. The number of aryl methyl sites for hydroxylation is 1. The molecule has 0 aliphatic carbocycles. The molecule has 0 fully saturated rings. The van der Waals surface area contributed by atoms with Gasteiger partial charge in [0.25, 0.3) is 0 Å². The molecule has 3 rings (SSSR count). The lowest BCUT2D eigenvalue weighted by Gasteiger charge is -2.18. The summed E-state index contributed by atoms with van der Waals surface area (Å²) >= 11 is 0. The Kier molecular flexibility index (Phi) is 8.90. The summed E-state index contributed by atoms with van der Waals surface area (Å²) in [5.74, 6) is 1.03. The Labute approximate surface area is 199 Å². The first-order valence-electron chi connectivity index (χ1n) is 11.6. The highest BCUT2D eigenvalue weighted by Gasteiger charge is 2.22. The molecule has 0 radical (unpaired) electrons. The molecule has 0 aliphatic rings. The van der Waals surface area contributed by atoms with Gasteiger partial charge in [-0.2, -0.15) is 0 Å². The number of H-pyrrole nitrogens is 1. The van der Waals surface area contributed by atoms with Crippen LogP contribution in [0, 0.1) is 6.92 Å². The summed E-state index contributed by atoms with van der Waals surface area (Å²) in [6.07, 6.45) is 5.05. The van der Waals surface area contributed by atoms with E-state index in [0.717, 1.165) is 41.4 Å². The third kappa shape index (κ3) is 6.97. The number of rotatable bonds is 13. The van der Waals surface area contributed by atoms with Crippen molar-refractivity contribution < 1.29 is 23.5 Å². The number of fused-ring (bicyclic) bond motifs is 1. The molecule has 0 spiro atoms. The Morgan fingerprint density at radius 3 is 2.68 bits per heavy atom. The van der Waals surface area contributed by atoms with Crippen molar-refractivity contribution >= 4 is 28.5 Å². The van der Waals surface area contributed by atoms with Gasteiger partial charge in [-0.3, -0.25) is 9.59 Å². The number of unbranched alkanes of at least 4 members (excludes halogenated alkanes) is 2. The maximum atomic E-state index is 13.0. The molecule has 34 heavy (non-hydrogen) atoms. The second-order valence-corrected chi connectivity index (χ2v) is 8.54. The van der Waals surface area contributed by atoms with Crippen LogP contribution in [0.1, 0.15) is 56.0 Å². The largest absolute Gasteiger partial charge is 0.497 e. The summed E-state index contributed by atoms with van der Waals surface area (Å²) < 4.78 is 10.6. The quantitative estimate of drug-likeness (QED) is 0.329. The van der Waals surface area contributed by atoms with Crippen molar-refractivity contribution in [2.24, 2.45) is 0 Å². The summed E-state index contributed by atoms with van der Waals surface area (Å²) in [6, 6.07) is 8.57. The third-order valence-corrected chi connectivity index (χ3v) is 5.85. The molecule has 182 valence electrons. The average molecular weight is 468 g/mol. The molecule has 2 amide bonds. The Balaban J connectivity index is 1.65. The van der Waals surface area contributed by atoms with E-state index in [0.29, 0.717) is 24.4 Å². The molecular formula is C26H33N3O5. The maximum Gasteiger partial charge on any atom is 0.242 e. The van der Waals surface area contributed by atoms with Gasteiger partial charge < -0.3 is 29.6 Å². The fourth-order valence-electron chi connectivity index (χ4n) is 4.00. The molecule has 0 saturated heterocycles. The van der Waals surface area contributed by atoms with Crippen molar-refractivity contribution in [1.82, 2.24) is 15.6 Å². The summed E-state index contributed by atoms with van der Waals surface area (Å²) in [6.45, 7) is 3.76. The number of Topliss-reactive ketones (excluding diaryl/α,β-unsaturated/α-hetero) is 1. The highest BCUT2D eigenvalue weighted by atomic mass is 16.5. The monoisotopic (exact) mass is 467 g/mol. The summed E-state index contributed by atoms with van der Waals surface area (Å²) in [7, 11) is 1.61. The first-order chi connectivity index (χ1) is 16.4. The Bertz CT molecular complexity index is 1120. The smallest absolute Gasteiger partial charge is 0.242 e. The van der Waals surface area contributed by atoms with E-state index in [9.17, 15) is 14.4 Å². The van der Waals surface area contributed by atoms with Crippen LogP contribution in [0.25, 0.3) is 10.9 Å². The van der Waals surface area contributed by atoms with Gasteiger partial charge in [0.05, 0.1) is 26.3 Å². The van der Waals surface area contributed by atoms with Gasteiger partial charge in [0.15, 0.2) is 0 Å². The second-order valence-electron chi connectivity index (χ2n) is 8.54. The van der Waals surface area contributed by atoms with Crippen LogP contribution in [0.5, 0.6) is 5.75 Å². The number of carbonyl (C=O) groups excluding carboxylic acids is 3. The molecule has 8 heteroatoms. The average Bonchev–Trinajstić information content (AvgIpc) is 3.43. The molecule has 1 aromatic carbocycles. The summed E-state index contributed by atoms with van der Waals surface area (Å²) in [4.78, 5) is 40.3. The van der Waals surface area contributed by atoms with Gasteiger partial charge in [0.2, 0.25) is 11.8 Å². The number of ketones is 1. The Morgan fingerprint density at radius 1 is 1.15 bits per heavy atom. The molecular weight excluding hydrogens is 434 g/mol. The number of hydrogen-bond acceptors (Lipinski definition) is 5. The van der Waals surface area contributed by atoms with Crippen LogP contribution in [-0.2, 0) is 27.3 Å². The van der Waals surface area contributed by atoms with Gasteiger partial charge in [0.1, 0.15) is 23.3 Å². The minimum atomic E-state index is -0.667. The second kappa shape index (κ2) is 12.1. The van der Waals surface area contributed by atoms with Crippen LogP contribution in [0.2, 0.25) is 0 Å². The number of methoxy groups -OCH3 is 1. The van der Waals surface area contributed by atoms with Gasteiger partial charge in [-0.15, -0.1) is 0 Å². The normalized spacial score (nSPS) is 11.9. The van der Waals surface area contributed by atoms with E-state index in [1.165, 1.54) is 0 Å². The third-order valence-electron chi connectivity index (χ3n) is 5.85. The zero-order chi connectivity index (χ0) is 24.5. The van der Waals surface area contributed by atoms with E-state index in [4.69, 9.17) is 9.15 Å². The van der Waals surface area contributed by atoms with Crippen LogP contribution in [-0.4, -0.2) is 35.7 Å². The molecule has 1 atom stereocenters. The standard InChI is InChI=1S/C26H33N3O5/c1-17(30)8-5-4-6-10-24(26(32)27-16-20-9-7-13-34-20)29-25(31)15-21-18(2)28-23-12-11-19(33-3)14-22(21)23/h7,9,11-14,24,28H,4-6,8,10,15-16H2,1-3H3,(H,27,32)(H,29,31). The van der Waals surface area contributed by atoms with E-state index < -0.39 is 6.04 Å². The highest BCUT2D eigenvalue weighted by molar-refractivity contribution is 5.93. The number of ether oxygens (including phenoxy) is 1. The molecule has 0 saturated carbocycles. The van der Waals surface area contributed by atoms with Crippen LogP contribution < -0.4 is 15.4 Å². The lowest BCUT2D eigenvalue weighted by Crippen LogP contribution is -2.47. The van der Waals surface area contributed by atoms with Gasteiger partial charge in [-0.25, -0.2) is 0 Å². The minimum Gasteiger partial charge on any atom is -0.497 e. The van der Waals surface area contributed by atoms with Gasteiger partial charge in [-0.05, 0) is 62.6 Å². The van der Waals surface area contributed by atoms with Crippen LogP contribution in [0.15, 0.2) is 41.0 Å². The number of hydrogen-bond donors (Lipinski definition) is 3. The van der Waals surface area contributed by atoms with Gasteiger partial charge in [-0.1, -0.05) is 12.8 Å². The molecule has 2 heterocycles. The van der Waals surface area contributed by atoms with Gasteiger partial charge in [0, 0.05) is 23.0 Å². The molecule has 1 unspecified atom stereocenters. The number of carbonyl (C=O) groups is 3. The number of furan rings is 1. The number of aromatic amines is 1. The molecule has 3 aromatic rings. The lowest BCUT2D eigenvalue weighted by molar-refractivity contribution is -0.129. The highest BCUT2D eigenvalue weighted by Crippen LogP contribution is 2.26.